The van der Waals surface area contributed by atoms with Crippen molar-refractivity contribution in [3.8, 4) is 0 Å². The first-order valence-electron chi connectivity index (χ1n) is 5.94. The third-order valence-electron chi connectivity index (χ3n) is 2.79. The largest absolute Gasteiger partial charge is 0.469 e. The second kappa shape index (κ2) is 5.52. The molecule has 0 fully saturated rings. The van der Waals surface area contributed by atoms with E-state index in [1.165, 1.54) is 12.3 Å². The summed E-state index contributed by atoms with van der Waals surface area (Å²) in [6.45, 7) is 3.23. The zero-order valence-corrected chi connectivity index (χ0v) is 10.8. The van der Waals surface area contributed by atoms with Crippen LogP contribution < -0.4 is 0 Å². The quantitative estimate of drug-likeness (QED) is 0.624. The van der Waals surface area contributed by atoms with Crippen molar-refractivity contribution in [3.63, 3.8) is 0 Å². The van der Waals surface area contributed by atoms with Crippen LogP contribution in [-0.2, 0) is 4.74 Å². The van der Waals surface area contributed by atoms with Crippen molar-refractivity contribution >= 4 is 11.8 Å². The third-order valence-corrected chi connectivity index (χ3v) is 2.79. The first-order valence-corrected chi connectivity index (χ1v) is 5.94. The van der Waals surface area contributed by atoms with E-state index >= 15 is 0 Å². The molecule has 0 N–H and O–H groups in total. The Morgan fingerprint density at radius 3 is 2.42 bits per heavy atom. The van der Waals surface area contributed by atoms with Gasteiger partial charge in [-0.2, -0.15) is 0 Å². The highest BCUT2D eigenvalue weighted by atomic mass is 16.5. The van der Waals surface area contributed by atoms with Crippen LogP contribution in [0.5, 0.6) is 0 Å². The molecule has 1 aromatic heterocycles. The van der Waals surface area contributed by atoms with Gasteiger partial charge in [0.25, 0.3) is 0 Å². The van der Waals surface area contributed by atoms with Crippen molar-refractivity contribution in [2.45, 2.75) is 20.0 Å². The summed E-state index contributed by atoms with van der Waals surface area (Å²) in [6.07, 6.45) is 0.583. The van der Waals surface area contributed by atoms with E-state index in [1.54, 1.807) is 38.1 Å². The molecule has 4 heteroatoms. The molecule has 0 spiro atoms. The zero-order chi connectivity index (χ0) is 13.8. The molecule has 1 unspecified atom stereocenters. The topological polar surface area (TPSA) is 56.5 Å². The molecule has 1 heterocycles. The number of carbonyl (C=O) groups is 2. The summed E-state index contributed by atoms with van der Waals surface area (Å²) in [5.41, 5.74) is 0.861. The van der Waals surface area contributed by atoms with Gasteiger partial charge >= 0.3 is 5.97 Å². The number of benzene rings is 1. The Kier molecular flexibility index (Phi) is 3.80. The van der Waals surface area contributed by atoms with Crippen molar-refractivity contribution in [3.05, 3.63) is 59.5 Å². The molecule has 0 aliphatic carbocycles. The summed E-state index contributed by atoms with van der Waals surface area (Å²) in [5, 5.41) is 0. The second-order valence-corrected chi connectivity index (χ2v) is 4.17. The molecule has 4 nitrogen and oxygen atoms in total. The average Bonchev–Trinajstić information content (AvgIpc) is 2.85. The molecule has 2 rings (SSSR count). The van der Waals surface area contributed by atoms with Crippen LogP contribution in [0.3, 0.4) is 0 Å². The number of carbonyl (C=O) groups excluding carboxylic acids is 2. The monoisotopic (exact) mass is 258 g/mol. The van der Waals surface area contributed by atoms with Gasteiger partial charge in [-0.25, -0.2) is 4.79 Å². The van der Waals surface area contributed by atoms with Gasteiger partial charge in [0, 0.05) is 5.56 Å². The Bertz CT molecular complexity index is 583. The van der Waals surface area contributed by atoms with Crippen LogP contribution in [0.4, 0.5) is 0 Å². The molecule has 0 radical (unpaired) electrons. The highest BCUT2D eigenvalue weighted by Gasteiger charge is 2.21. The van der Waals surface area contributed by atoms with Gasteiger partial charge in [0.1, 0.15) is 11.3 Å². The molecule has 19 heavy (non-hydrogen) atoms. The van der Waals surface area contributed by atoms with E-state index in [1.807, 2.05) is 6.07 Å². The molecule has 0 bridgehead atoms. The van der Waals surface area contributed by atoms with Crippen molar-refractivity contribution in [1.29, 1.82) is 0 Å². The van der Waals surface area contributed by atoms with E-state index in [4.69, 9.17) is 9.15 Å². The standard InChI is InChI=1S/C15H14O4/c1-10-13(8-9-18-10)15(17)19-11(2)14(16)12-6-4-3-5-7-12/h3-9,11H,1-2H3. The van der Waals surface area contributed by atoms with Gasteiger partial charge in [-0.1, -0.05) is 30.3 Å². The summed E-state index contributed by atoms with van der Waals surface area (Å²) in [4.78, 5) is 23.9. The average molecular weight is 258 g/mol. The summed E-state index contributed by atoms with van der Waals surface area (Å²) >= 11 is 0. The highest BCUT2D eigenvalue weighted by Crippen LogP contribution is 2.13. The number of hydrogen-bond donors (Lipinski definition) is 0. The maximum absolute atomic E-state index is 12.0. The van der Waals surface area contributed by atoms with Gasteiger partial charge < -0.3 is 9.15 Å². The van der Waals surface area contributed by atoms with Crippen LogP contribution in [0.2, 0.25) is 0 Å². The van der Waals surface area contributed by atoms with E-state index in [0.29, 0.717) is 16.9 Å². The van der Waals surface area contributed by atoms with Gasteiger partial charge in [0.15, 0.2) is 6.10 Å². The fraction of sp³-hybridized carbons (Fsp3) is 0.200. The van der Waals surface area contributed by atoms with Gasteiger partial charge in [-0.05, 0) is 19.9 Å². The lowest BCUT2D eigenvalue weighted by Gasteiger charge is -2.11. The van der Waals surface area contributed by atoms with Gasteiger partial charge in [-0.3, -0.25) is 4.79 Å². The molecular weight excluding hydrogens is 244 g/mol. The van der Waals surface area contributed by atoms with Gasteiger partial charge in [0.2, 0.25) is 5.78 Å². The van der Waals surface area contributed by atoms with E-state index in [9.17, 15) is 9.59 Å². The number of Topliss-reactive ketones (excluding diaryl/α,β-unsaturated/α-hetero) is 1. The highest BCUT2D eigenvalue weighted by molar-refractivity contribution is 6.01. The smallest absolute Gasteiger partial charge is 0.342 e. The van der Waals surface area contributed by atoms with E-state index in [0.717, 1.165) is 0 Å². The first-order chi connectivity index (χ1) is 9.09. The Hall–Kier alpha value is -2.36. The Labute approximate surface area is 111 Å². The lowest BCUT2D eigenvalue weighted by atomic mass is 10.1. The SMILES string of the molecule is Cc1occc1C(=O)OC(C)C(=O)c1ccccc1. The lowest BCUT2D eigenvalue weighted by molar-refractivity contribution is 0.0317. The van der Waals surface area contributed by atoms with Crippen LogP contribution in [0.25, 0.3) is 0 Å². The number of rotatable bonds is 4. The second-order valence-electron chi connectivity index (χ2n) is 4.17. The summed E-state index contributed by atoms with van der Waals surface area (Å²) < 4.78 is 10.2. The number of furan rings is 1. The molecule has 1 atom stereocenters. The van der Waals surface area contributed by atoms with E-state index in [-0.39, 0.29) is 5.78 Å². The molecule has 0 saturated carbocycles. The molecule has 2 aromatic rings. The summed E-state index contributed by atoms with van der Waals surface area (Å²) in [5.74, 6) is -0.303. The molecule has 0 aliphatic heterocycles. The first kappa shape index (κ1) is 13.1. The van der Waals surface area contributed by atoms with Gasteiger partial charge in [-0.15, -0.1) is 0 Å². The van der Waals surface area contributed by atoms with Crippen molar-refractivity contribution in [1.82, 2.24) is 0 Å². The Morgan fingerprint density at radius 1 is 1.16 bits per heavy atom. The Morgan fingerprint density at radius 2 is 1.84 bits per heavy atom. The van der Waals surface area contributed by atoms with Gasteiger partial charge in [0.05, 0.1) is 6.26 Å². The van der Waals surface area contributed by atoms with Crippen LogP contribution >= 0.6 is 0 Å². The summed E-state index contributed by atoms with van der Waals surface area (Å²) in [7, 11) is 0. The lowest BCUT2D eigenvalue weighted by Crippen LogP contribution is -2.24. The van der Waals surface area contributed by atoms with Crippen LogP contribution in [-0.4, -0.2) is 17.9 Å². The molecule has 0 saturated heterocycles. The number of ketones is 1. The molecule has 98 valence electrons. The maximum atomic E-state index is 12.0. The minimum Gasteiger partial charge on any atom is -0.469 e. The van der Waals surface area contributed by atoms with Crippen LogP contribution in [0.1, 0.15) is 33.4 Å². The van der Waals surface area contributed by atoms with Crippen LogP contribution in [0.15, 0.2) is 47.1 Å². The zero-order valence-electron chi connectivity index (χ0n) is 10.8. The van der Waals surface area contributed by atoms with E-state index in [2.05, 4.69) is 0 Å². The molecule has 0 aliphatic rings. The summed E-state index contributed by atoms with van der Waals surface area (Å²) in [6, 6.07) is 10.3. The minimum atomic E-state index is -0.829. The van der Waals surface area contributed by atoms with E-state index < -0.39 is 12.1 Å². The molecule has 0 amide bonds. The number of hydrogen-bond acceptors (Lipinski definition) is 4. The van der Waals surface area contributed by atoms with Crippen molar-refractivity contribution in [2.24, 2.45) is 0 Å². The third kappa shape index (κ3) is 2.91. The van der Waals surface area contributed by atoms with Crippen LogP contribution in [0, 0.1) is 6.92 Å². The minimum absolute atomic E-state index is 0.227. The molecule has 1 aromatic carbocycles. The van der Waals surface area contributed by atoms with Crippen molar-refractivity contribution < 1.29 is 18.7 Å². The fourth-order valence-corrected chi connectivity index (χ4v) is 1.71. The Balaban J connectivity index is 2.06. The number of esters is 1. The normalized spacial score (nSPS) is 11.9. The fourth-order valence-electron chi connectivity index (χ4n) is 1.71. The maximum Gasteiger partial charge on any atom is 0.342 e. The molecular formula is C15H14O4. The number of aryl methyl sites for hydroxylation is 1. The number of ether oxygens (including phenoxy) is 1. The predicted octanol–water partition coefficient (Wildman–Crippen LogP) is 3.02. The van der Waals surface area contributed by atoms with Crippen molar-refractivity contribution in [2.75, 3.05) is 0 Å². The predicted molar refractivity (Wildman–Crippen MR) is 69.1 cm³/mol.